The topological polar surface area (TPSA) is 40.5 Å². The molecule has 0 fully saturated rings. The van der Waals surface area contributed by atoms with Crippen molar-refractivity contribution in [2.75, 3.05) is 13.2 Å². The van der Waals surface area contributed by atoms with E-state index in [2.05, 4.69) is 27.7 Å². The zero-order valence-electron chi connectivity index (χ0n) is 10.8. The average molecular weight is 216 g/mol. The zero-order valence-corrected chi connectivity index (χ0v) is 10.8. The number of hydrogen-bond acceptors (Lipinski definition) is 2. The molecule has 0 aromatic heterocycles. The Morgan fingerprint density at radius 2 is 1.13 bits per heavy atom. The summed E-state index contributed by atoms with van der Waals surface area (Å²) in [5.41, 5.74) is 0.283. The van der Waals surface area contributed by atoms with Crippen molar-refractivity contribution < 1.29 is 10.2 Å². The lowest BCUT2D eigenvalue weighted by Gasteiger charge is -2.42. The van der Waals surface area contributed by atoms with Gasteiger partial charge < -0.3 is 10.2 Å². The highest BCUT2D eigenvalue weighted by Crippen LogP contribution is 2.44. The van der Waals surface area contributed by atoms with Crippen molar-refractivity contribution in [1.29, 1.82) is 0 Å². The molecule has 0 rings (SSSR count). The molecular formula is C13H28O2. The molecule has 2 heteroatoms. The third-order valence-corrected chi connectivity index (χ3v) is 3.90. The van der Waals surface area contributed by atoms with E-state index in [1.165, 1.54) is 0 Å². The van der Waals surface area contributed by atoms with Crippen LogP contribution in [0.5, 0.6) is 0 Å². The molecule has 0 aliphatic carbocycles. The van der Waals surface area contributed by atoms with Crippen LogP contribution >= 0.6 is 0 Å². The predicted molar refractivity (Wildman–Crippen MR) is 64.7 cm³/mol. The third kappa shape index (κ3) is 4.12. The van der Waals surface area contributed by atoms with Gasteiger partial charge in [0.1, 0.15) is 0 Å². The van der Waals surface area contributed by atoms with E-state index in [1.54, 1.807) is 0 Å². The van der Waals surface area contributed by atoms with E-state index < -0.39 is 0 Å². The Morgan fingerprint density at radius 1 is 0.800 bits per heavy atom. The minimum atomic E-state index is 0.278. The van der Waals surface area contributed by atoms with Crippen molar-refractivity contribution in [2.24, 2.45) is 17.3 Å². The fourth-order valence-electron chi connectivity index (χ4n) is 2.76. The molecule has 0 atom stereocenters. The van der Waals surface area contributed by atoms with Gasteiger partial charge in [0.25, 0.3) is 0 Å². The SMILES string of the molecule is CC(C)C(CCCO)(CCCO)C(C)C. The highest BCUT2D eigenvalue weighted by atomic mass is 16.3. The molecule has 0 aliphatic rings. The summed E-state index contributed by atoms with van der Waals surface area (Å²) < 4.78 is 0. The Morgan fingerprint density at radius 3 is 1.33 bits per heavy atom. The fourth-order valence-corrected chi connectivity index (χ4v) is 2.76. The van der Waals surface area contributed by atoms with Crippen molar-refractivity contribution in [2.45, 2.75) is 53.4 Å². The fraction of sp³-hybridized carbons (Fsp3) is 1.00. The highest BCUT2D eigenvalue weighted by Gasteiger charge is 2.35. The maximum absolute atomic E-state index is 8.97. The average Bonchev–Trinajstić information content (AvgIpc) is 2.17. The summed E-state index contributed by atoms with van der Waals surface area (Å²) in [6.07, 6.45) is 3.89. The van der Waals surface area contributed by atoms with Gasteiger partial charge in [-0.15, -0.1) is 0 Å². The summed E-state index contributed by atoms with van der Waals surface area (Å²) in [5, 5.41) is 17.9. The normalized spacial score (nSPS) is 12.8. The molecule has 92 valence electrons. The van der Waals surface area contributed by atoms with E-state index >= 15 is 0 Å². The third-order valence-electron chi connectivity index (χ3n) is 3.90. The van der Waals surface area contributed by atoms with Crippen LogP contribution in [0.3, 0.4) is 0 Å². The molecule has 0 saturated heterocycles. The second-order valence-electron chi connectivity index (χ2n) is 5.20. The molecule has 0 spiro atoms. The first-order valence-electron chi connectivity index (χ1n) is 6.23. The highest BCUT2D eigenvalue weighted by molar-refractivity contribution is 4.85. The van der Waals surface area contributed by atoms with Gasteiger partial charge >= 0.3 is 0 Å². The summed E-state index contributed by atoms with van der Waals surface area (Å²) in [6, 6.07) is 0. The molecule has 0 aliphatic heterocycles. The van der Waals surface area contributed by atoms with Crippen LogP contribution in [-0.2, 0) is 0 Å². The number of aliphatic hydroxyl groups excluding tert-OH is 2. The lowest BCUT2D eigenvalue weighted by atomic mass is 9.63. The molecule has 0 aromatic carbocycles. The number of hydrogen-bond donors (Lipinski definition) is 2. The number of aliphatic hydroxyl groups is 2. The van der Waals surface area contributed by atoms with Gasteiger partial charge in [0.15, 0.2) is 0 Å². The Balaban J connectivity index is 4.57. The van der Waals surface area contributed by atoms with Gasteiger partial charge in [-0.3, -0.25) is 0 Å². The molecular weight excluding hydrogens is 188 g/mol. The Hall–Kier alpha value is -0.0800. The lowest BCUT2D eigenvalue weighted by Crippen LogP contribution is -2.33. The van der Waals surface area contributed by atoms with Crippen molar-refractivity contribution >= 4 is 0 Å². The van der Waals surface area contributed by atoms with Gasteiger partial charge in [-0.25, -0.2) is 0 Å². The van der Waals surface area contributed by atoms with Crippen LogP contribution in [0.15, 0.2) is 0 Å². The van der Waals surface area contributed by atoms with Gasteiger partial charge in [-0.1, -0.05) is 27.7 Å². The minimum absolute atomic E-state index is 0.278. The molecule has 0 heterocycles. The smallest absolute Gasteiger partial charge is 0.0431 e. The molecule has 0 unspecified atom stereocenters. The molecule has 0 amide bonds. The molecule has 15 heavy (non-hydrogen) atoms. The molecule has 0 aromatic rings. The largest absolute Gasteiger partial charge is 0.396 e. The van der Waals surface area contributed by atoms with Crippen LogP contribution in [-0.4, -0.2) is 23.4 Å². The maximum Gasteiger partial charge on any atom is 0.0431 e. The standard InChI is InChI=1S/C13H28O2/c1-11(2)13(12(3)4,7-5-9-14)8-6-10-15/h11-12,14-15H,5-10H2,1-4H3. The number of rotatable bonds is 8. The van der Waals surface area contributed by atoms with Crippen LogP contribution in [0.1, 0.15) is 53.4 Å². The summed E-state index contributed by atoms with van der Waals surface area (Å²) in [5.74, 6) is 1.21. The van der Waals surface area contributed by atoms with E-state index in [-0.39, 0.29) is 18.6 Å². The van der Waals surface area contributed by atoms with Crippen LogP contribution in [0.25, 0.3) is 0 Å². The Labute approximate surface area is 94.7 Å². The Kier molecular flexibility index (Phi) is 7.20. The van der Waals surface area contributed by atoms with Gasteiger partial charge in [0, 0.05) is 13.2 Å². The van der Waals surface area contributed by atoms with E-state index in [4.69, 9.17) is 10.2 Å². The van der Waals surface area contributed by atoms with Crippen molar-refractivity contribution in [3.63, 3.8) is 0 Å². The van der Waals surface area contributed by atoms with Gasteiger partial charge in [-0.05, 0) is 42.9 Å². The first kappa shape index (κ1) is 14.9. The summed E-state index contributed by atoms with van der Waals surface area (Å²) in [6.45, 7) is 9.59. The molecule has 2 N–H and O–H groups in total. The summed E-state index contributed by atoms with van der Waals surface area (Å²) in [4.78, 5) is 0. The predicted octanol–water partition coefficient (Wildman–Crippen LogP) is 2.83. The molecule has 0 radical (unpaired) electrons. The molecule has 2 nitrogen and oxygen atoms in total. The summed E-state index contributed by atoms with van der Waals surface area (Å²) in [7, 11) is 0. The molecule has 0 bridgehead atoms. The van der Waals surface area contributed by atoms with Gasteiger partial charge in [0.05, 0.1) is 0 Å². The second-order valence-corrected chi connectivity index (χ2v) is 5.20. The lowest BCUT2D eigenvalue weighted by molar-refractivity contribution is 0.0652. The van der Waals surface area contributed by atoms with Crippen LogP contribution in [0.4, 0.5) is 0 Å². The first-order valence-corrected chi connectivity index (χ1v) is 6.23. The second kappa shape index (κ2) is 7.24. The van der Waals surface area contributed by atoms with Crippen LogP contribution in [0.2, 0.25) is 0 Å². The quantitative estimate of drug-likeness (QED) is 0.655. The van der Waals surface area contributed by atoms with Crippen molar-refractivity contribution in [1.82, 2.24) is 0 Å². The first-order chi connectivity index (χ1) is 7.01. The monoisotopic (exact) mass is 216 g/mol. The minimum Gasteiger partial charge on any atom is -0.396 e. The van der Waals surface area contributed by atoms with E-state index in [1.807, 2.05) is 0 Å². The van der Waals surface area contributed by atoms with Crippen molar-refractivity contribution in [3.8, 4) is 0 Å². The van der Waals surface area contributed by atoms with Gasteiger partial charge in [-0.2, -0.15) is 0 Å². The van der Waals surface area contributed by atoms with Crippen molar-refractivity contribution in [3.05, 3.63) is 0 Å². The maximum atomic E-state index is 8.97. The van der Waals surface area contributed by atoms with Gasteiger partial charge in [0.2, 0.25) is 0 Å². The summed E-state index contributed by atoms with van der Waals surface area (Å²) >= 11 is 0. The van der Waals surface area contributed by atoms with E-state index in [9.17, 15) is 0 Å². The Bertz CT molecular complexity index is 135. The molecule has 0 saturated carbocycles. The van der Waals surface area contributed by atoms with E-state index in [0.29, 0.717) is 11.8 Å². The van der Waals surface area contributed by atoms with Crippen LogP contribution in [0, 0.1) is 17.3 Å². The van der Waals surface area contributed by atoms with E-state index in [0.717, 1.165) is 25.7 Å². The zero-order chi connectivity index (χ0) is 11.9. The van der Waals surface area contributed by atoms with Crippen LogP contribution < -0.4 is 0 Å².